The zero-order valence-electron chi connectivity index (χ0n) is 7.50. The third-order valence-corrected chi connectivity index (χ3v) is 2.04. The number of halogens is 1. The van der Waals surface area contributed by atoms with Crippen molar-refractivity contribution >= 4 is 21.7 Å². The van der Waals surface area contributed by atoms with Crippen molar-refractivity contribution in [2.24, 2.45) is 0 Å². The van der Waals surface area contributed by atoms with E-state index in [1.165, 1.54) is 0 Å². The molecule has 0 bridgehead atoms. The summed E-state index contributed by atoms with van der Waals surface area (Å²) in [4.78, 5) is 4.06. The van der Waals surface area contributed by atoms with Gasteiger partial charge < -0.3 is 10.4 Å². The van der Waals surface area contributed by atoms with E-state index in [1.54, 1.807) is 12.3 Å². The minimum atomic E-state index is 0.130. The molecule has 0 aliphatic rings. The van der Waals surface area contributed by atoms with Crippen LogP contribution in [0.15, 0.2) is 16.7 Å². The summed E-state index contributed by atoms with van der Waals surface area (Å²) in [5.41, 5.74) is 0.498. The topological polar surface area (TPSA) is 68.9 Å². The Labute approximate surface area is 90.7 Å². The molecule has 0 saturated heterocycles. The van der Waals surface area contributed by atoms with Crippen LogP contribution < -0.4 is 5.32 Å². The van der Waals surface area contributed by atoms with Crippen molar-refractivity contribution in [2.45, 2.75) is 6.42 Å². The quantitative estimate of drug-likeness (QED) is 0.801. The predicted molar refractivity (Wildman–Crippen MR) is 56.8 cm³/mol. The van der Waals surface area contributed by atoms with Gasteiger partial charge in [0, 0.05) is 23.8 Å². The minimum Gasteiger partial charge on any atom is -0.396 e. The number of hydrogen-bond acceptors (Lipinski definition) is 4. The van der Waals surface area contributed by atoms with E-state index in [4.69, 9.17) is 10.4 Å². The van der Waals surface area contributed by atoms with Gasteiger partial charge in [0.05, 0.1) is 5.56 Å². The second-order valence-electron chi connectivity index (χ2n) is 2.67. The van der Waals surface area contributed by atoms with E-state index in [0.29, 0.717) is 24.3 Å². The minimum absolute atomic E-state index is 0.130. The van der Waals surface area contributed by atoms with Crippen molar-refractivity contribution in [3.8, 4) is 6.07 Å². The SMILES string of the molecule is N#Cc1cc(Br)cnc1NCCCO. The molecule has 1 aromatic heterocycles. The second kappa shape index (κ2) is 5.58. The van der Waals surface area contributed by atoms with Crippen LogP contribution >= 0.6 is 15.9 Å². The first-order valence-electron chi connectivity index (χ1n) is 4.18. The van der Waals surface area contributed by atoms with Crippen LogP contribution in [0.4, 0.5) is 5.82 Å². The molecule has 14 heavy (non-hydrogen) atoms. The molecule has 0 aromatic carbocycles. The van der Waals surface area contributed by atoms with Crippen LogP contribution in [0.2, 0.25) is 0 Å². The van der Waals surface area contributed by atoms with Gasteiger partial charge in [0.2, 0.25) is 0 Å². The maximum Gasteiger partial charge on any atom is 0.143 e. The maximum absolute atomic E-state index is 8.80. The zero-order chi connectivity index (χ0) is 10.4. The highest BCUT2D eigenvalue weighted by molar-refractivity contribution is 9.10. The van der Waals surface area contributed by atoms with Crippen molar-refractivity contribution in [3.05, 3.63) is 22.3 Å². The Kier molecular flexibility index (Phi) is 4.36. The number of anilines is 1. The lowest BCUT2D eigenvalue weighted by Crippen LogP contribution is -2.06. The number of nitriles is 1. The molecule has 0 aliphatic heterocycles. The fourth-order valence-corrected chi connectivity index (χ4v) is 1.28. The molecular formula is C9H10BrN3O. The summed E-state index contributed by atoms with van der Waals surface area (Å²) in [6, 6.07) is 3.75. The summed E-state index contributed by atoms with van der Waals surface area (Å²) in [5.74, 6) is 0.559. The number of hydrogen-bond donors (Lipinski definition) is 2. The molecule has 5 heteroatoms. The summed E-state index contributed by atoms with van der Waals surface area (Å²) >= 11 is 3.24. The van der Waals surface area contributed by atoms with E-state index in [9.17, 15) is 0 Å². The molecule has 74 valence electrons. The van der Waals surface area contributed by atoms with Crippen molar-refractivity contribution in [3.63, 3.8) is 0 Å². The fourth-order valence-electron chi connectivity index (χ4n) is 0.951. The van der Waals surface area contributed by atoms with Crippen LogP contribution in [0.3, 0.4) is 0 Å². The van der Waals surface area contributed by atoms with Gasteiger partial charge in [0.1, 0.15) is 11.9 Å². The maximum atomic E-state index is 8.80. The summed E-state index contributed by atoms with van der Waals surface area (Å²) in [7, 11) is 0. The Morgan fingerprint density at radius 1 is 1.64 bits per heavy atom. The summed E-state index contributed by atoms with van der Waals surface area (Å²) in [6.07, 6.45) is 2.27. The number of aromatic nitrogens is 1. The van der Waals surface area contributed by atoms with E-state index in [1.807, 2.05) is 6.07 Å². The lowest BCUT2D eigenvalue weighted by molar-refractivity contribution is 0.292. The van der Waals surface area contributed by atoms with Crippen LogP contribution in [0, 0.1) is 11.3 Å². The standard InChI is InChI=1S/C9H10BrN3O/c10-8-4-7(5-11)9(13-6-8)12-2-1-3-14/h4,6,14H,1-3H2,(H,12,13). The number of rotatable bonds is 4. The van der Waals surface area contributed by atoms with Gasteiger partial charge in [-0.2, -0.15) is 5.26 Å². The number of nitrogens with zero attached hydrogens (tertiary/aromatic N) is 2. The normalized spacial score (nSPS) is 9.50. The molecule has 1 aromatic rings. The van der Waals surface area contributed by atoms with Gasteiger partial charge >= 0.3 is 0 Å². The van der Waals surface area contributed by atoms with Gasteiger partial charge in [-0.05, 0) is 28.4 Å². The number of aliphatic hydroxyl groups excluding tert-OH is 1. The lowest BCUT2D eigenvalue weighted by Gasteiger charge is -2.05. The average Bonchev–Trinajstić information content (AvgIpc) is 2.20. The van der Waals surface area contributed by atoms with Crippen LogP contribution in [0.1, 0.15) is 12.0 Å². The zero-order valence-corrected chi connectivity index (χ0v) is 9.08. The summed E-state index contributed by atoms with van der Waals surface area (Å²) < 4.78 is 0.779. The van der Waals surface area contributed by atoms with E-state index in [-0.39, 0.29) is 6.61 Å². The van der Waals surface area contributed by atoms with Gasteiger partial charge in [-0.15, -0.1) is 0 Å². The number of pyridine rings is 1. The Morgan fingerprint density at radius 3 is 3.07 bits per heavy atom. The van der Waals surface area contributed by atoms with E-state index >= 15 is 0 Å². The van der Waals surface area contributed by atoms with E-state index < -0.39 is 0 Å². The van der Waals surface area contributed by atoms with Gasteiger partial charge in [-0.25, -0.2) is 4.98 Å². The molecule has 0 unspecified atom stereocenters. The van der Waals surface area contributed by atoms with Crippen LogP contribution in [-0.4, -0.2) is 23.2 Å². The molecule has 1 rings (SSSR count). The first-order chi connectivity index (χ1) is 6.77. The van der Waals surface area contributed by atoms with Gasteiger partial charge in [0.15, 0.2) is 0 Å². The van der Waals surface area contributed by atoms with Gasteiger partial charge in [0.25, 0.3) is 0 Å². The third-order valence-electron chi connectivity index (χ3n) is 1.60. The Bertz CT molecular complexity index is 348. The molecule has 0 radical (unpaired) electrons. The number of aliphatic hydroxyl groups is 1. The van der Waals surface area contributed by atoms with E-state index in [0.717, 1.165) is 4.47 Å². The van der Waals surface area contributed by atoms with Crippen molar-refractivity contribution in [2.75, 3.05) is 18.5 Å². The highest BCUT2D eigenvalue weighted by Crippen LogP contribution is 2.16. The molecule has 4 nitrogen and oxygen atoms in total. The first kappa shape index (κ1) is 11.0. The third kappa shape index (κ3) is 2.98. The van der Waals surface area contributed by atoms with Gasteiger partial charge in [-0.1, -0.05) is 0 Å². The van der Waals surface area contributed by atoms with Crippen molar-refractivity contribution in [1.82, 2.24) is 4.98 Å². The molecule has 0 saturated carbocycles. The largest absolute Gasteiger partial charge is 0.396 e. The van der Waals surface area contributed by atoms with Crippen molar-refractivity contribution in [1.29, 1.82) is 5.26 Å². The summed E-state index contributed by atoms with van der Waals surface area (Å²) in [6.45, 7) is 0.741. The first-order valence-corrected chi connectivity index (χ1v) is 4.97. The van der Waals surface area contributed by atoms with Crippen LogP contribution in [0.5, 0.6) is 0 Å². The Hall–Kier alpha value is -1.12. The van der Waals surface area contributed by atoms with Gasteiger partial charge in [-0.3, -0.25) is 0 Å². The fraction of sp³-hybridized carbons (Fsp3) is 0.333. The smallest absolute Gasteiger partial charge is 0.143 e. The van der Waals surface area contributed by atoms with E-state index in [2.05, 4.69) is 26.2 Å². The molecule has 2 N–H and O–H groups in total. The Balaban J connectivity index is 2.72. The molecule has 0 aliphatic carbocycles. The average molecular weight is 256 g/mol. The highest BCUT2D eigenvalue weighted by atomic mass is 79.9. The molecule has 0 atom stereocenters. The lowest BCUT2D eigenvalue weighted by atomic mass is 10.3. The second-order valence-corrected chi connectivity index (χ2v) is 3.58. The molecule has 0 amide bonds. The predicted octanol–water partition coefficient (Wildman–Crippen LogP) is 1.51. The molecular weight excluding hydrogens is 246 g/mol. The molecule has 0 fully saturated rings. The molecule has 0 spiro atoms. The molecule has 1 heterocycles. The highest BCUT2D eigenvalue weighted by Gasteiger charge is 2.02. The monoisotopic (exact) mass is 255 g/mol. The van der Waals surface area contributed by atoms with Crippen LogP contribution in [-0.2, 0) is 0 Å². The van der Waals surface area contributed by atoms with Crippen molar-refractivity contribution < 1.29 is 5.11 Å². The summed E-state index contributed by atoms with van der Waals surface area (Å²) in [5, 5.41) is 20.4. The Morgan fingerprint density at radius 2 is 2.43 bits per heavy atom. The van der Waals surface area contributed by atoms with Crippen LogP contribution in [0.25, 0.3) is 0 Å². The number of nitrogens with one attached hydrogen (secondary N) is 1.